The molecule has 0 spiro atoms. The Bertz CT molecular complexity index is 1590. The molecule has 0 radical (unpaired) electrons. The van der Waals surface area contributed by atoms with E-state index in [1.54, 1.807) is 0 Å². The molecule has 0 unspecified atom stereocenters. The van der Waals surface area contributed by atoms with Gasteiger partial charge in [0.05, 0.1) is 15.9 Å². The largest absolute Gasteiger partial charge is 0.350 e. The van der Waals surface area contributed by atoms with Crippen LogP contribution in [0.2, 0.25) is 0 Å². The van der Waals surface area contributed by atoms with E-state index in [0.717, 1.165) is 4.47 Å². The van der Waals surface area contributed by atoms with Crippen molar-refractivity contribution in [3.63, 3.8) is 0 Å². The molecule has 0 saturated carbocycles. The van der Waals surface area contributed by atoms with Crippen molar-refractivity contribution >= 4 is 48.6 Å². The van der Waals surface area contributed by atoms with Crippen LogP contribution in [0.4, 0.5) is 0 Å². The second kappa shape index (κ2) is 6.63. The first-order chi connectivity index (χ1) is 15.1. The van der Waals surface area contributed by atoms with Crippen LogP contribution in [0.15, 0.2) is 83.5 Å². The number of halogens is 1. The number of rotatable bonds is 2. The van der Waals surface area contributed by atoms with Gasteiger partial charge in [-0.3, -0.25) is 0 Å². The van der Waals surface area contributed by atoms with E-state index < -0.39 is 0 Å². The van der Waals surface area contributed by atoms with Gasteiger partial charge in [0.25, 0.3) is 0 Å². The average molecular weight is 468 g/mol. The lowest BCUT2D eigenvalue weighted by Gasteiger charge is -2.10. The molecule has 0 aliphatic carbocycles. The maximum Gasteiger partial charge on any atom is 0.0661 e. The number of benzene rings is 3. The average Bonchev–Trinajstić information content (AvgIpc) is 3.37. The second-order valence-corrected chi connectivity index (χ2v) is 9.00. The Hall–Kier alpha value is -3.24. The third kappa shape index (κ3) is 2.45. The summed E-state index contributed by atoms with van der Waals surface area (Å²) < 4.78 is 8.03. The summed E-state index contributed by atoms with van der Waals surface area (Å²) in [5.74, 6) is 0. The molecule has 0 bridgehead atoms. The van der Waals surface area contributed by atoms with Crippen LogP contribution in [0, 0.1) is 0 Å². The molecule has 31 heavy (non-hydrogen) atoms. The van der Waals surface area contributed by atoms with Crippen LogP contribution in [0.5, 0.6) is 0 Å². The van der Waals surface area contributed by atoms with E-state index in [1.165, 1.54) is 55.2 Å². The van der Waals surface area contributed by atoms with Crippen molar-refractivity contribution in [2.24, 2.45) is 21.1 Å². The first kappa shape index (κ1) is 18.5. The first-order valence-corrected chi connectivity index (χ1v) is 11.2. The topological polar surface area (TPSA) is 14.8 Å². The van der Waals surface area contributed by atoms with Crippen LogP contribution in [0.1, 0.15) is 0 Å². The van der Waals surface area contributed by atoms with Crippen molar-refractivity contribution in [3.8, 4) is 22.5 Å². The highest BCUT2D eigenvalue weighted by Crippen LogP contribution is 2.47. The van der Waals surface area contributed by atoms with E-state index in [9.17, 15) is 0 Å². The fraction of sp³-hybridized carbons (Fsp3) is 0.111. The minimum Gasteiger partial charge on any atom is -0.350 e. The van der Waals surface area contributed by atoms with Crippen LogP contribution in [0.3, 0.4) is 0 Å². The first-order valence-electron chi connectivity index (χ1n) is 10.4. The van der Waals surface area contributed by atoms with Crippen molar-refractivity contribution in [1.82, 2.24) is 13.7 Å². The van der Waals surface area contributed by atoms with E-state index in [2.05, 4.69) is 130 Å². The van der Waals surface area contributed by atoms with Gasteiger partial charge in [-0.05, 0) is 34.1 Å². The SMILES string of the molecule is Cn1cc(-c2c(-c3c(Br)c4ccccc4n3C)c3ccccc3n2C)c2ccccc21. The number of hydrogen-bond acceptors (Lipinski definition) is 0. The summed E-state index contributed by atoms with van der Waals surface area (Å²) in [6.45, 7) is 0. The zero-order valence-corrected chi connectivity index (χ0v) is 19.3. The summed E-state index contributed by atoms with van der Waals surface area (Å²) in [5.41, 5.74) is 8.66. The van der Waals surface area contributed by atoms with Crippen LogP contribution in [-0.4, -0.2) is 13.7 Å². The molecule has 0 aliphatic heterocycles. The van der Waals surface area contributed by atoms with Gasteiger partial charge in [-0.15, -0.1) is 0 Å². The quantitative estimate of drug-likeness (QED) is 0.254. The van der Waals surface area contributed by atoms with Gasteiger partial charge in [0.1, 0.15) is 0 Å². The molecular formula is C27H22BrN3. The molecule has 0 atom stereocenters. The molecule has 0 N–H and O–H groups in total. The maximum absolute atomic E-state index is 3.96. The molecule has 3 nitrogen and oxygen atoms in total. The van der Waals surface area contributed by atoms with Gasteiger partial charge in [0, 0.05) is 71.2 Å². The Morgan fingerprint density at radius 3 is 1.77 bits per heavy atom. The Morgan fingerprint density at radius 1 is 0.581 bits per heavy atom. The minimum atomic E-state index is 1.14. The summed E-state index contributed by atoms with van der Waals surface area (Å²) in [6.07, 6.45) is 2.26. The van der Waals surface area contributed by atoms with Crippen molar-refractivity contribution in [1.29, 1.82) is 0 Å². The number of hydrogen-bond donors (Lipinski definition) is 0. The third-order valence-corrected chi connectivity index (χ3v) is 7.34. The van der Waals surface area contributed by atoms with Crippen LogP contribution < -0.4 is 0 Å². The van der Waals surface area contributed by atoms with Crippen molar-refractivity contribution in [2.45, 2.75) is 0 Å². The Morgan fingerprint density at radius 2 is 1.10 bits per heavy atom. The smallest absolute Gasteiger partial charge is 0.0661 e. The number of aryl methyl sites for hydroxylation is 3. The van der Waals surface area contributed by atoms with Crippen molar-refractivity contribution < 1.29 is 0 Å². The van der Waals surface area contributed by atoms with E-state index in [4.69, 9.17) is 0 Å². The molecule has 3 aromatic carbocycles. The van der Waals surface area contributed by atoms with Gasteiger partial charge < -0.3 is 13.7 Å². The lowest BCUT2D eigenvalue weighted by Crippen LogP contribution is -1.96. The molecule has 4 heteroatoms. The van der Waals surface area contributed by atoms with Gasteiger partial charge in [0.2, 0.25) is 0 Å². The summed E-state index contributed by atoms with van der Waals surface area (Å²) in [6, 6.07) is 25.9. The van der Waals surface area contributed by atoms with Crippen LogP contribution in [0.25, 0.3) is 55.2 Å². The van der Waals surface area contributed by atoms with E-state index in [1.807, 2.05) is 0 Å². The zero-order chi connectivity index (χ0) is 21.3. The molecule has 0 aliphatic rings. The fourth-order valence-electron chi connectivity index (χ4n) is 5.10. The molecule has 0 amide bonds. The van der Waals surface area contributed by atoms with Gasteiger partial charge in [-0.2, -0.15) is 0 Å². The summed E-state index contributed by atoms with van der Waals surface area (Å²) >= 11 is 3.96. The second-order valence-electron chi connectivity index (χ2n) is 8.21. The number of fused-ring (bicyclic) bond motifs is 3. The molecule has 0 saturated heterocycles. The molecule has 152 valence electrons. The van der Waals surface area contributed by atoms with Gasteiger partial charge in [-0.1, -0.05) is 54.6 Å². The Balaban J connectivity index is 1.82. The number of para-hydroxylation sites is 3. The van der Waals surface area contributed by atoms with Crippen molar-refractivity contribution in [3.05, 3.63) is 83.5 Å². The molecule has 3 aromatic heterocycles. The summed E-state index contributed by atoms with van der Waals surface area (Å²) in [7, 11) is 6.47. The lowest BCUT2D eigenvalue weighted by molar-refractivity contribution is 0.951. The monoisotopic (exact) mass is 467 g/mol. The fourth-order valence-corrected chi connectivity index (χ4v) is 5.90. The predicted molar refractivity (Wildman–Crippen MR) is 134 cm³/mol. The van der Waals surface area contributed by atoms with E-state index >= 15 is 0 Å². The van der Waals surface area contributed by atoms with Crippen LogP contribution >= 0.6 is 15.9 Å². The molecular weight excluding hydrogens is 446 g/mol. The van der Waals surface area contributed by atoms with Crippen LogP contribution in [-0.2, 0) is 21.1 Å². The highest BCUT2D eigenvalue weighted by Gasteiger charge is 2.25. The highest BCUT2D eigenvalue weighted by molar-refractivity contribution is 9.10. The predicted octanol–water partition coefficient (Wildman–Crippen LogP) is 7.26. The standard InChI is InChI=1S/C27H22BrN3/c1-29-16-20(17-10-4-7-13-21(17)29)26-24(18-11-5-8-14-22(18)30(26)2)27-25(28)19-12-6-9-15-23(19)31(27)3/h4-16H,1-3H3. The van der Waals surface area contributed by atoms with E-state index in [-0.39, 0.29) is 0 Å². The minimum absolute atomic E-state index is 1.14. The molecule has 6 rings (SSSR count). The molecule has 3 heterocycles. The highest BCUT2D eigenvalue weighted by atomic mass is 79.9. The normalized spacial score (nSPS) is 11.9. The van der Waals surface area contributed by atoms with Crippen molar-refractivity contribution in [2.75, 3.05) is 0 Å². The molecule has 6 aromatic rings. The van der Waals surface area contributed by atoms with Gasteiger partial charge in [0.15, 0.2) is 0 Å². The van der Waals surface area contributed by atoms with E-state index in [0.29, 0.717) is 0 Å². The Labute approximate surface area is 189 Å². The Kier molecular flexibility index (Phi) is 3.96. The number of nitrogens with zero attached hydrogens (tertiary/aromatic N) is 3. The third-order valence-electron chi connectivity index (χ3n) is 6.54. The summed E-state index contributed by atoms with van der Waals surface area (Å²) in [5, 5.41) is 3.77. The summed E-state index contributed by atoms with van der Waals surface area (Å²) in [4.78, 5) is 0. The molecule has 0 fully saturated rings. The number of aromatic nitrogens is 3. The lowest BCUT2D eigenvalue weighted by atomic mass is 10.0. The maximum atomic E-state index is 3.96. The van der Waals surface area contributed by atoms with Gasteiger partial charge >= 0.3 is 0 Å². The van der Waals surface area contributed by atoms with Gasteiger partial charge in [-0.25, -0.2) is 0 Å². The zero-order valence-electron chi connectivity index (χ0n) is 17.7.